The summed E-state index contributed by atoms with van der Waals surface area (Å²) in [5.41, 5.74) is 9.49. The molecule has 0 saturated carbocycles. The summed E-state index contributed by atoms with van der Waals surface area (Å²) >= 11 is 0. The van der Waals surface area contributed by atoms with E-state index in [9.17, 15) is 0 Å². The van der Waals surface area contributed by atoms with Gasteiger partial charge in [0.25, 0.3) is 0 Å². The highest BCUT2D eigenvalue weighted by atomic mass is 14.3. The van der Waals surface area contributed by atoms with Gasteiger partial charge in [-0.15, -0.1) is 0 Å². The first-order valence-corrected chi connectivity index (χ1v) is 10.9. The molecule has 0 heterocycles. The van der Waals surface area contributed by atoms with Crippen molar-refractivity contribution >= 4 is 0 Å². The van der Waals surface area contributed by atoms with Crippen LogP contribution in [0.25, 0.3) is 0 Å². The van der Waals surface area contributed by atoms with E-state index < -0.39 is 0 Å². The van der Waals surface area contributed by atoms with Gasteiger partial charge in [0.1, 0.15) is 0 Å². The summed E-state index contributed by atoms with van der Waals surface area (Å²) in [6, 6.07) is 14.3. The van der Waals surface area contributed by atoms with Crippen LogP contribution in [0.5, 0.6) is 0 Å². The largest absolute Gasteiger partial charge is 0.0646 e. The molecule has 0 bridgehead atoms. The van der Waals surface area contributed by atoms with Crippen LogP contribution in [0, 0.1) is 0 Å². The molecule has 0 radical (unpaired) electrons. The van der Waals surface area contributed by atoms with Crippen molar-refractivity contribution in [3.63, 3.8) is 0 Å². The van der Waals surface area contributed by atoms with Gasteiger partial charge in [0.2, 0.25) is 0 Å². The summed E-state index contributed by atoms with van der Waals surface area (Å²) in [6.45, 7) is 18.5. The van der Waals surface area contributed by atoms with E-state index in [1.807, 2.05) is 0 Å². The summed E-state index contributed by atoms with van der Waals surface area (Å²) in [4.78, 5) is 0. The maximum atomic E-state index is 2.46. The summed E-state index contributed by atoms with van der Waals surface area (Å²) in [5, 5.41) is 0. The molecule has 0 aromatic heterocycles. The Morgan fingerprint density at radius 2 is 1.07 bits per heavy atom. The lowest BCUT2D eigenvalue weighted by Crippen LogP contribution is -2.18. The van der Waals surface area contributed by atoms with Crippen molar-refractivity contribution in [2.24, 2.45) is 0 Å². The molecule has 148 valence electrons. The molecule has 0 aliphatic carbocycles. The summed E-state index contributed by atoms with van der Waals surface area (Å²) in [5.74, 6) is 0. The second-order valence-corrected chi connectivity index (χ2v) is 9.68. The zero-order valence-electron chi connectivity index (χ0n) is 19.0. The van der Waals surface area contributed by atoms with Crippen LogP contribution in [0.15, 0.2) is 36.4 Å². The Labute approximate surface area is 168 Å². The first-order valence-electron chi connectivity index (χ1n) is 10.9. The van der Waals surface area contributed by atoms with Crippen molar-refractivity contribution in [1.82, 2.24) is 0 Å². The van der Waals surface area contributed by atoms with Crippen LogP contribution in [0.2, 0.25) is 0 Å². The molecule has 0 saturated heterocycles. The molecule has 2 aromatic carbocycles. The molecule has 0 fully saturated rings. The lowest BCUT2D eigenvalue weighted by atomic mass is 9.78. The number of benzene rings is 2. The number of aryl methyl sites for hydroxylation is 4. The van der Waals surface area contributed by atoms with Crippen molar-refractivity contribution in [3.05, 3.63) is 69.8 Å². The summed E-state index contributed by atoms with van der Waals surface area (Å²) < 4.78 is 0. The van der Waals surface area contributed by atoms with E-state index in [1.165, 1.54) is 39.8 Å². The molecule has 0 unspecified atom stereocenters. The lowest BCUT2D eigenvalue weighted by Gasteiger charge is -2.27. The predicted octanol–water partition coefficient (Wildman–Crippen LogP) is 7.58. The van der Waals surface area contributed by atoms with Crippen molar-refractivity contribution < 1.29 is 0 Å². The van der Waals surface area contributed by atoms with Crippen molar-refractivity contribution in [1.29, 1.82) is 0 Å². The van der Waals surface area contributed by atoms with Crippen molar-refractivity contribution in [3.8, 4) is 0 Å². The van der Waals surface area contributed by atoms with E-state index in [0.29, 0.717) is 0 Å². The van der Waals surface area contributed by atoms with Gasteiger partial charge in [-0.1, -0.05) is 91.8 Å². The lowest BCUT2D eigenvalue weighted by molar-refractivity contribution is 0.501. The van der Waals surface area contributed by atoms with E-state index in [1.54, 1.807) is 0 Å². The molecule has 0 heteroatoms. The van der Waals surface area contributed by atoms with E-state index >= 15 is 0 Å². The zero-order valence-corrected chi connectivity index (χ0v) is 19.0. The third-order valence-electron chi connectivity index (χ3n) is 6.22. The Balaban J connectivity index is 2.20. The van der Waals surface area contributed by atoms with Gasteiger partial charge in [-0.2, -0.15) is 0 Å². The molecular weight excluding hydrogens is 324 g/mol. The first-order chi connectivity index (χ1) is 12.6. The van der Waals surface area contributed by atoms with Crippen molar-refractivity contribution in [2.75, 3.05) is 0 Å². The van der Waals surface area contributed by atoms with E-state index in [-0.39, 0.29) is 10.8 Å². The second kappa shape index (κ2) is 8.63. The molecule has 0 aliphatic heterocycles. The minimum atomic E-state index is 0.224. The average molecular weight is 365 g/mol. The SMILES string of the molecule is CCc1cc(CCc2ccc(C(C)(C)CC)c(CC)c2)ccc1C(C)(C)C. The van der Waals surface area contributed by atoms with Crippen LogP contribution < -0.4 is 0 Å². The van der Waals surface area contributed by atoms with Crippen LogP contribution in [-0.2, 0) is 36.5 Å². The van der Waals surface area contributed by atoms with Crippen LogP contribution in [-0.4, -0.2) is 0 Å². The molecular formula is C27H40. The minimum Gasteiger partial charge on any atom is -0.0646 e. The monoisotopic (exact) mass is 364 g/mol. The number of rotatable bonds is 7. The Bertz CT molecular complexity index is 756. The van der Waals surface area contributed by atoms with Gasteiger partial charge in [0.15, 0.2) is 0 Å². The maximum absolute atomic E-state index is 2.46. The third kappa shape index (κ3) is 5.24. The van der Waals surface area contributed by atoms with Crippen LogP contribution in [0.3, 0.4) is 0 Å². The molecule has 0 aliphatic rings. The van der Waals surface area contributed by atoms with Crippen LogP contribution >= 0.6 is 0 Å². The Morgan fingerprint density at radius 1 is 0.630 bits per heavy atom. The standard InChI is InChI=1S/C27H40/c1-9-22-18-20(14-16-24(22)26(4,5)6)12-13-21-15-17-25(23(10-2)19-21)27(7,8)11-3/h14-19H,9-13H2,1-8H3. The molecule has 0 nitrogen and oxygen atoms in total. The highest BCUT2D eigenvalue weighted by molar-refractivity contribution is 5.39. The van der Waals surface area contributed by atoms with E-state index in [2.05, 4.69) is 91.8 Å². The molecule has 0 atom stereocenters. The van der Waals surface area contributed by atoms with E-state index in [0.717, 1.165) is 25.7 Å². The molecule has 0 spiro atoms. The Hall–Kier alpha value is -1.56. The fourth-order valence-electron chi connectivity index (χ4n) is 4.06. The summed E-state index contributed by atoms with van der Waals surface area (Å²) in [6.07, 6.45) is 5.66. The molecule has 0 amide bonds. The van der Waals surface area contributed by atoms with Gasteiger partial charge in [-0.05, 0) is 76.3 Å². The van der Waals surface area contributed by atoms with Gasteiger partial charge >= 0.3 is 0 Å². The van der Waals surface area contributed by atoms with Crippen molar-refractivity contribution in [2.45, 2.75) is 98.3 Å². The molecule has 2 rings (SSSR count). The highest BCUT2D eigenvalue weighted by Crippen LogP contribution is 2.31. The normalized spacial score (nSPS) is 12.4. The molecule has 0 N–H and O–H groups in total. The second-order valence-electron chi connectivity index (χ2n) is 9.68. The van der Waals surface area contributed by atoms with E-state index in [4.69, 9.17) is 0 Å². The minimum absolute atomic E-state index is 0.224. The average Bonchev–Trinajstić information content (AvgIpc) is 2.64. The number of hydrogen-bond donors (Lipinski definition) is 0. The Morgan fingerprint density at radius 3 is 1.48 bits per heavy atom. The topological polar surface area (TPSA) is 0 Å². The van der Waals surface area contributed by atoms with Gasteiger partial charge in [-0.3, -0.25) is 0 Å². The quantitative estimate of drug-likeness (QED) is 0.475. The van der Waals surface area contributed by atoms with Crippen LogP contribution in [0.1, 0.15) is 95.2 Å². The predicted molar refractivity (Wildman–Crippen MR) is 121 cm³/mol. The van der Waals surface area contributed by atoms with Crippen LogP contribution in [0.4, 0.5) is 0 Å². The molecule has 2 aromatic rings. The first kappa shape index (κ1) is 21.7. The third-order valence-corrected chi connectivity index (χ3v) is 6.22. The Kier molecular flexibility index (Phi) is 6.95. The smallest absolute Gasteiger partial charge is 0.0103 e. The zero-order chi connectivity index (χ0) is 20.2. The van der Waals surface area contributed by atoms with Gasteiger partial charge in [0.05, 0.1) is 0 Å². The van der Waals surface area contributed by atoms with Gasteiger partial charge in [0, 0.05) is 0 Å². The molecule has 27 heavy (non-hydrogen) atoms. The fraction of sp³-hybridized carbons (Fsp3) is 0.556. The fourth-order valence-corrected chi connectivity index (χ4v) is 4.06. The highest BCUT2D eigenvalue weighted by Gasteiger charge is 2.21. The summed E-state index contributed by atoms with van der Waals surface area (Å²) in [7, 11) is 0. The maximum Gasteiger partial charge on any atom is -0.0103 e. The van der Waals surface area contributed by atoms with Gasteiger partial charge in [-0.25, -0.2) is 0 Å². The van der Waals surface area contributed by atoms with Gasteiger partial charge < -0.3 is 0 Å². The number of hydrogen-bond acceptors (Lipinski definition) is 0.